The van der Waals surface area contributed by atoms with Gasteiger partial charge < -0.3 is 60.2 Å². The van der Waals surface area contributed by atoms with Crippen molar-refractivity contribution in [2.45, 2.75) is 88.7 Å². The fourth-order valence-corrected chi connectivity index (χ4v) is 9.82. The van der Waals surface area contributed by atoms with E-state index in [1.807, 2.05) is 28.9 Å². The van der Waals surface area contributed by atoms with Crippen LogP contribution < -0.4 is 31.7 Å². The smallest absolute Gasteiger partial charge is 0.315 e. The summed E-state index contributed by atoms with van der Waals surface area (Å²) in [4.78, 5) is 49.8. The van der Waals surface area contributed by atoms with Crippen molar-refractivity contribution in [2.75, 3.05) is 116 Å². The van der Waals surface area contributed by atoms with Crippen LogP contribution in [0.2, 0.25) is 0 Å². The highest BCUT2D eigenvalue weighted by molar-refractivity contribution is 8.00. The Labute approximate surface area is 381 Å². The van der Waals surface area contributed by atoms with Crippen LogP contribution in [0.3, 0.4) is 0 Å². The summed E-state index contributed by atoms with van der Waals surface area (Å²) in [5.74, 6) is 2.94. The summed E-state index contributed by atoms with van der Waals surface area (Å²) in [6, 6.07) is 8.76. The van der Waals surface area contributed by atoms with Crippen molar-refractivity contribution in [2.24, 2.45) is 0 Å². The zero-order chi connectivity index (χ0) is 44.9. The molecule has 0 saturated carbocycles. The summed E-state index contributed by atoms with van der Waals surface area (Å²) in [7, 11) is 1.71. The maximum Gasteiger partial charge on any atom is 0.315 e. The predicted molar refractivity (Wildman–Crippen MR) is 249 cm³/mol. The summed E-state index contributed by atoms with van der Waals surface area (Å²) >= 11 is 1.90. The van der Waals surface area contributed by atoms with E-state index in [1.165, 1.54) is 0 Å². The molecular formula is C45H70N10O8S. The first kappa shape index (κ1) is 49.0. The van der Waals surface area contributed by atoms with Gasteiger partial charge in [0.2, 0.25) is 17.8 Å². The first-order valence-corrected chi connectivity index (χ1v) is 24.1. The summed E-state index contributed by atoms with van der Waals surface area (Å²) in [5, 5.41) is 12.8. The van der Waals surface area contributed by atoms with Gasteiger partial charge in [0.15, 0.2) is 5.82 Å². The zero-order valence-corrected chi connectivity index (χ0v) is 38.6. The number of amides is 4. The van der Waals surface area contributed by atoms with Gasteiger partial charge in [0.25, 0.3) is 0 Å². The maximum absolute atomic E-state index is 12.9. The third-order valence-corrected chi connectivity index (χ3v) is 13.3. The highest BCUT2D eigenvalue weighted by atomic mass is 32.2. The lowest BCUT2D eigenvalue weighted by molar-refractivity contribution is -0.134. The molecule has 354 valence electrons. The van der Waals surface area contributed by atoms with Crippen LogP contribution in [-0.2, 0) is 41.6 Å². The van der Waals surface area contributed by atoms with Gasteiger partial charge in [-0.3, -0.25) is 14.5 Å². The third kappa shape index (κ3) is 15.4. The molecule has 0 spiro atoms. The van der Waals surface area contributed by atoms with E-state index in [0.29, 0.717) is 97.1 Å². The van der Waals surface area contributed by atoms with E-state index in [1.54, 1.807) is 7.11 Å². The molecule has 19 heteroatoms. The number of anilines is 2. The van der Waals surface area contributed by atoms with Gasteiger partial charge in [0, 0.05) is 75.0 Å². The molecule has 64 heavy (non-hydrogen) atoms. The molecule has 1 unspecified atom stereocenters. The summed E-state index contributed by atoms with van der Waals surface area (Å²) < 4.78 is 30.4. The van der Waals surface area contributed by atoms with Crippen molar-refractivity contribution in [1.29, 1.82) is 0 Å². The molecule has 6 N–H and O–H groups in total. The number of hydrogen-bond donors (Lipinski definition) is 5. The molecular weight excluding hydrogens is 841 g/mol. The Morgan fingerprint density at radius 1 is 0.859 bits per heavy atom. The number of nitrogens with two attached hydrogens (primary N) is 1. The number of fused-ring (bicyclic) bond motifs is 2. The Hall–Kier alpha value is -4.40. The van der Waals surface area contributed by atoms with E-state index in [-0.39, 0.29) is 35.9 Å². The molecule has 18 nitrogen and oxygen atoms in total. The van der Waals surface area contributed by atoms with Crippen LogP contribution in [0.5, 0.6) is 5.75 Å². The number of unbranched alkanes of at least 4 members (excludes halogenated alkanes) is 3. The average molecular weight is 911 g/mol. The number of benzene rings is 1. The van der Waals surface area contributed by atoms with E-state index in [9.17, 15) is 14.4 Å². The molecule has 0 bridgehead atoms. The second-order valence-electron chi connectivity index (χ2n) is 16.5. The molecule has 3 aliphatic heterocycles. The number of thioether (sulfide) groups is 1. The van der Waals surface area contributed by atoms with Gasteiger partial charge in [-0.05, 0) is 37.0 Å². The predicted octanol–water partition coefficient (Wildman–Crippen LogP) is 3.62. The summed E-state index contributed by atoms with van der Waals surface area (Å²) in [6.07, 6.45) is 9.04. The van der Waals surface area contributed by atoms with E-state index in [0.717, 1.165) is 104 Å². The number of urea groups is 1. The Balaban J connectivity index is 0.741. The van der Waals surface area contributed by atoms with Crippen LogP contribution in [0, 0.1) is 0 Å². The topological polar surface area (TPSA) is 209 Å². The highest BCUT2D eigenvalue weighted by Crippen LogP contribution is 2.33. The monoisotopic (exact) mass is 911 g/mol. The molecule has 6 rings (SSSR count). The van der Waals surface area contributed by atoms with Gasteiger partial charge in [0.05, 0.1) is 90.5 Å². The molecule has 0 radical (unpaired) electrons. The largest absolute Gasteiger partial charge is 0.496 e. The zero-order valence-electron chi connectivity index (χ0n) is 37.8. The molecule has 0 aliphatic carbocycles. The Morgan fingerprint density at radius 3 is 2.36 bits per heavy atom. The normalized spacial score (nSPS) is 18.6. The first-order chi connectivity index (χ1) is 31.3. The molecule has 3 saturated heterocycles. The molecule has 4 amide bonds. The van der Waals surface area contributed by atoms with E-state index in [4.69, 9.17) is 29.4 Å². The van der Waals surface area contributed by atoms with Crippen molar-refractivity contribution in [3.8, 4) is 5.75 Å². The molecule has 3 aromatic rings. The van der Waals surface area contributed by atoms with Crippen molar-refractivity contribution >= 4 is 52.4 Å². The highest BCUT2D eigenvalue weighted by Gasteiger charge is 2.42. The minimum absolute atomic E-state index is 0.0364. The number of rotatable bonds is 30. The van der Waals surface area contributed by atoms with Crippen molar-refractivity contribution in [3.05, 3.63) is 41.6 Å². The second kappa shape index (κ2) is 26.5. The Morgan fingerprint density at radius 2 is 1.61 bits per heavy atom. The molecule has 3 fully saturated rings. The minimum atomic E-state index is -0.0639. The van der Waals surface area contributed by atoms with Crippen LogP contribution in [0.15, 0.2) is 30.5 Å². The maximum atomic E-state index is 12.9. The first-order valence-electron chi connectivity index (χ1n) is 23.1. The lowest BCUT2D eigenvalue weighted by atomic mass is 10.0. The summed E-state index contributed by atoms with van der Waals surface area (Å²) in [6.45, 7) is 11.3. The van der Waals surface area contributed by atoms with Crippen LogP contribution in [0.25, 0.3) is 11.0 Å². The molecule has 2 aromatic heterocycles. The number of aromatic nitrogens is 3. The Bertz CT molecular complexity index is 1910. The lowest BCUT2D eigenvalue weighted by Gasteiger charge is -2.35. The third-order valence-electron chi connectivity index (χ3n) is 11.7. The number of ether oxygens (including phenoxy) is 5. The number of nitrogen functional groups attached to an aromatic ring is 1. The fourth-order valence-electron chi connectivity index (χ4n) is 8.28. The number of hydrogen-bond acceptors (Lipinski definition) is 14. The number of carbonyl (C=O) groups is 3. The van der Waals surface area contributed by atoms with E-state index < -0.39 is 0 Å². The summed E-state index contributed by atoms with van der Waals surface area (Å²) in [5.41, 5.74) is 9.98. The number of nitrogens with zero attached hydrogens (tertiary/aromatic N) is 5. The number of piperazine rings is 1. The van der Waals surface area contributed by atoms with Crippen molar-refractivity contribution in [1.82, 2.24) is 40.3 Å². The van der Waals surface area contributed by atoms with Gasteiger partial charge in [-0.25, -0.2) is 9.78 Å². The van der Waals surface area contributed by atoms with Gasteiger partial charge in [-0.1, -0.05) is 38.3 Å². The van der Waals surface area contributed by atoms with E-state index >= 15 is 0 Å². The standard InChI is InChI=1S/C45H70N10O8S/c1-3-4-7-14-48-43-42-35(49-44(46)52-43)12-16-55(42)31-34-11-10-33(29-37(34)59-2)30-53-17-19-54(20-18-53)40(57)13-21-60-23-25-62-27-28-63-26-24-61-22-15-47-39(56)9-6-5-8-38-41-36(32-64-38)50-45(58)51-41/h10-12,16,29,36,38,41H,3-9,13-15,17-28,30-32H2,1-2H3,(H,47,56)(H2,50,51,58)(H3,46,48,49,52)/t36-,38-,41?/m0/s1. The second-order valence-corrected chi connectivity index (χ2v) is 17.7. The lowest BCUT2D eigenvalue weighted by Crippen LogP contribution is -2.48. The molecule has 5 heterocycles. The molecule has 1 aromatic carbocycles. The fraction of sp³-hybridized carbons (Fsp3) is 0.667. The van der Waals surface area contributed by atoms with E-state index in [2.05, 4.69) is 65.8 Å². The van der Waals surface area contributed by atoms with Gasteiger partial charge in [-0.15, -0.1) is 0 Å². The van der Waals surface area contributed by atoms with Gasteiger partial charge >= 0.3 is 6.03 Å². The van der Waals surface area contributed by atoms with Crippen molar-refractivity contribution < 1.29 is 38.1 Å². The minimum Gasteiger partial charge on any atom is -0.496 e. The number of methoxy groups -OCH3 is 1. The Kier molecular flexibility index (Phi) is 20.3. The average Bonchev–Trinajstić information content (AvgIpc) is 3.99. The number of carbonyl (C=O) groups excluding carboxylic acids is 3. The van der Waals surface area contributed by atoms with Crippen LogP contribution in [0.1, 0.15) is 69.4 Å². The van der Waals surface area contributed by atoms with Crippen LogP contribution in [0.4, 0.5) is 16.6 Å². The molecule has 3 atom stereocenters. The molecule has 3 aliphatic rings. The number of nitrogens with one attached hydrogen (secondary N) is 4. The van der Waals surface area contributed by atoms with Gasteiger partial charge in [0.1, 0.15) is 11.3 Å². The van der Waals surface area contributed by atoms with Crippen LogP contribution >= 0.6 is 11.8 Å². The van der Waals surface area contributed by atoms with Gasteiger partial charge in [-0.2, -0.15) is 16.7 Å². The SMILES string of the molecule is CCCCCNc1nc(N)nc2ccn(Cc3ccc(CN4CCN(C(=O)CCOCCOCCOCCOCCNC(=O)CCCC[C@@H]5SC[C@@H]6NC(=O)NC65)CC4)cc3OC)c12. The van der Waals surface area contributed by atoms with Crippen molar-refractivity contribution in [3.63, 3.8) is 0 Å². The van der Waals surface area contributed by atoms with Crippen LogP contribution in [-0.4, -0.2) is 165 Å². The quantitative estimate of drug-likeness (QED) is 0.0479.